The maximum Gasteiger partial charge on any atom is 0.241 e. The van der Waals surface area contributed by atoms with E-state index in [-0.39, 0.29) is 5.91 Å². The van der Waals surface area contributed by atoms with E-state index in [2.05, 4.69) is 25.7 Å². The van der Waals surface area contributed by atoms with E-state index in [1.165, 1.54) is 0 Å². The molecular weight excluding hydrogens is 276 g/mol. The lowest BCUT2D eigenvalue weighted by atomic mass is 10.3. The molecule has 1 N–H and O–H groups in total. The minimum atomic E-state index is 0.136. The molecule has 1 aromatic carbocycles. The van der Waals surface area contributed by atoms with E-state index in [0.717, 1.165) is 42.9 Å². The van der Waals surface area contributed by atoms with Gasteiger partial charge in [-0.25, -0.2) is 0 Å². The van der Waals surface area contributed by atoms with Crippen LogP contribution in [0.15, 0.2) is 36.4 Å². The standard InChI is InChI=1S/C18H28N2O2/c1-5-10-20(11-6-2)18(21)13-19-16-8-7-9-17(12-16)22-14-15(3)4/h7-9,12,19H,3,5-6,10-11,13-14H2,1-2,4H3. The van der Waals surface area contributed by atoms with Crippen LogP contribution in [0.2, 0.25) is 0 Å². The highest BCUT2D eigenvalue weighted by Gasteiger charge is 2.11. The van der Waals surface area contributed by atoms with Crippen molar-refractivity contribution in [2.45, 2.75) is 33.6 Å². The lowest BCUT2D eigenvalue weighted by Crippen LogP contribution is -2.36. The van der Waals surface area contributed by atoms with E-state index in [1.54, 1.807) is 0 Å². The van der Waals surface area contributed by atoms with Crippen LogP contribution in [-0.4, -0.2) is 37.0 Å². The number of rotatable bonds is 10. The van der Waals surface area contributed by atoms with Crippen molar-refractivity contribution in [2.24, 2.45) is 0 Å². The van der Waals surface area contributed by atoms with E-state index in [1.807, 2.05) is 36.1 Å². The van der Waals surface area contributed by atoms with Gasteiger partial charge in [-0.2, -0.15) is 0 Å². The molecular formula is C18H28N2O2. The van der Waals surface area contributed by atoms with Gasteiger partial charge in [0.2, 0.25) is 5.91 Å². The Bertz CT molecular complexity index is 480. The Kier molecular flexibility index (Phi) is 8.11. The van der Waals surface area contributed by atoms with Gasteiger partial charge in [-0.1, -0.05) is 26.5 Å². The Labute approximate surface area is 134 Å². The summed E-state index contributed by atoms with van der Waals surface area (Å²) < 4.78 is 5.60. The smallest absolute Gasteiger partial charge is 0.241 e. The van der Waals surface area contributed by atoms with Crippen LogP contribution >= 0.6 is 0 Å². The van der Waals surface area contributed by atoms with Crippen LogP contribution < -0.4 is 10.1 Å². The highest BCUT2D eigenvalue weighted by molar-refractivity contribution is 5.80. The topological polar surface area (TPSA) is 41.6 Å². The number of anilines is 1. The number of nitrogens with one attached hydrogen (secondary N) is 1. The summed E-state index contributed by atoms with van der Waals surface area (Å²) in [6.45, 7) is 12.4. The third-order valence-corrected chi connectivity index (χ3v) is 3.10. The molecule has 4 heteroatoms. The maximum atomic E-state index is 12.2. The van der Waals surface area contributed by atoms with E-state index in [0.29, 0.717) is 13.2 Å². The van der Waals surface area contributed by atoms with E-state index < -0.39 is 0 Å². The fraction of sp³-hybridized carbons (Fsp3) is 0.500. The molecule has 122 valence electrons. The Hall–Kier alpha value is -1.97. The van der Waals surface area contributed by atoms with Crippen LogP contribution in [-0.2, 0) is 4.79 Å². The largest absolute Gasteiger partial charge is 0.489 e. The quantitative estimate of drug-likeness (QED) is 0.670. The molecule has 1 amide bonds. The highest BCUT2D eigenvalue weighted by Crippen LogP contribution is 2.17. The summed E-state index contributed by atoms with van der Waals surface area (Å²) in [7, 11) is 0. The van der Waals surface area contributed by atoms with Crippen molar-refractivity contribution in [3.05, 3.63) is 36.4 Å². The summed E-state index contributed by atoms with van der Waals surface area (Å²) in [5, 5.41) is 3.18. The number of nitrogens with zero attached hydrogens (tertiary/aromatic N) is 1. The molecule has 0 aromatic heterocycles. The Morgan fingerprint density at radius 3 is 2.55 bits per heavy atom. The second-order valence-electron chi connectivity index (χ2n) is 5.51. The number of benzene rings is 1. The zero-order chi connectivity index (χ0) is 16.4. The molecule has 0 saturated heterocycles. The molecule has 0 aliphatic carbocycles. The number of amides is 1. The first-order valence-electron chi connectivity index (χ1n) is 7.95. The Morgan fingerprint density at radius 1 is 1.27 bits per heavy atom. The molecule has 0 unspecified atom stereocenters. The number of carbonyl (C=O) groups excluding carboxylic acids is 1. The average Bonchev–Trinajstić information content (AvgIpc) is 2.51. The Balaban J connectivity index is 2.54. The van der Waals surface area contributed by atoms with E-state index in [9.17, 15) is 4.79 Å². The monoisotopic (exact) mass is 304 g/mol. The molecule has 0 heterocycles. The molecule has 1 aromatic rings. The molecule has 4 nitrogen and oxygen atoms in total. The van der Waals surface area contributed by atoms with Crippen molar-refractivity contribution in [1.82, 2.24) is 4.90 Å². The van der Waals surface area contributed by atoms with Gasteiger partial charge < -0.3 is 15.0 Å². The van der Waals surface area contributed by atoms with Gasteiger partial charge in [-0.05, 0) is 37.5 Å². The predicted octanol–water partition coefficient (Wildman–Crippen LogP) is 3.70. The van der Waals surface area contributed by atoms with Crippen molar-refractivity contribution in [2.75, 3.05) is 31.6 Å². The first-order chi connectivity index (χ1) is 10.6. The van der Waals surface area contributed by atoms with Crippen LogP contribution in [0.4, 0.5) is 5.69 Å². The van der Waals surface area contributed by atoms with Gasteiger partial charge in [0.1, 0.15) is 12.4 Å². The summed E-state index contributed by atoms with van der Waals surface area (Å²) >= 11 is 0. The molecule has 1 rings (SSSR count). The van der Waals surface area contributed by atoms with Gasteiger partial charge in [0.25, 0.3) is 0 Å². The van der Waals surface area contributed by atoms with Crippen molar-refractivity contribution in [1.29, 1.82) is 0 Å². The summed E-state index contributed by atoms with van der Waals surface area (Å²) in [5.41, 5.74) is 1.86. The zero-order valence-corrected chi connectivity index (χ0v) is 14.0. The minimum absolute atomic E-state index is 0.136. The summed E-state index contributed by atoms with van der Waals surface area (Å²) in [6.07, 6.45) is 1.96. The third kappa shape index (κ3) is 6.66. The van der Waals surface area contributed by atoms with Gasteiger partial charge in [0, 0.05) is 24.8 Å². The van der Waals surface area contributed by atoms with Crippen LogP contribution in [0.1, 0.15) is 33.6 Å². The number of carbonyl (C=O) groups is 1. The fourth-order valence-electron chi connectivity index (χ4n) is 2.09. The zero-order valence-electron chi connectivity index (χ0n) is 14.0. The molecule has 0 saturated carbocycles. The third-order valence-electron chi connectivity index (χ3n) is 3.10. The highest BCUT2D eigenvalue weighted by atomic mass is 16.5. The molecule has 0 aliphatic rings. The molecule has 0 fully saturated rings. The lowest BCUT2D eigenvalue weighted by Gasteiger charge is -2.22. The summed E-state index contributed by atoms with van der Waals surface area (Å²) in [6, 6.07) is 7.65. The molecule has 0 aliphatic heterocycles. The minimum Gasteiger partial charge on any atom is -0.489 e. The van der Waals surface area contributed by atoms with Crippen molar-refractivity contribution >= 4 is 11.6 Å². The predicted molar refractivity (Wildman–Crippen MR) is 92.4 cm³/mol. The first-order valence-corrected chi connectivity index (χ1v) is 7.95. The average molecular weight is 304 g/mol. The maximum absolute atomic E-state index is 12.2. The van der Waals surface area contributed by atoms with Gasteiger partial charge in [-0.3, -0.25) is 4.79 Å². The SMILES string of the molecule is C=C(C)COc1cccc(NCC(=O)N(CCC)CCC)c1. The van der Waals surface area contributed by atoms with Crippen LogP contribution in [0.5, 0.6) is 5.75 Å². The molecule has 0 atom stereocenters. The summed E-state index contributed by atoms with van der Waals surface area (Å²) in [4.78, 5) is 14.1. The molecule has 0 radical (unpaired) electrons. The van der Waals surface area contributed by atoms with Gasteiger partial charge in [-0.15, -0.1) is 0 Å². The molecule has 22 heavy (non-hydrogen) atoms. The molecule has 0 spiro atoms. The summed E-state index contributed by atoms with van der Waals surface area (Å²) in [5.74, 6) is 0.913. The van der Waals surface area contributed by atoms with Crippen LogP contribution in [0.3, 0.4) is 0 Å². The Morgan fingerprint density at radius 2 is 1.95 bits per heavy atom. The van der Waals surface area contributed by atoms with Crippen molar-refractivity contribution in [3.63, 3.8) is 0 Å². The molecule has 0 bridgehead atoms. The number of hydrogen-bond donors (Lipinski definition) is 1. The van der Waals surface area contributed by atoms with Gasteiger partial charge in [0.05, 0.1) is 6.54 Å². The second kappa shape index (κ2) is 9.87. The van der Waals surface area contributed by atoms with Crippen LogP contribution in [0, 0.1) is 0 Å². The fourth-order valence-corrected chi connectivity index (χ4v) is 2.09. The number of hydrogen-bond acceptors (Lipinski definition) is 3. The van der Waals surface area contributed by atoms with Crippen LogP contribution in [0.25, 0.3) is 0 Å². The van der Waals surface area contributed by atoms with Gasteiger partial charge in [0.15, 0.2) is 0 Å². The van der Waals surface area contributed by atoms with Crippen molar-refractivity contribution in [3.8, 4) is 5.75 Å². The first kappa shape index (κ1) is 18.1. The lowest BCUT2D eigenvalue weighted by molar-refractivity contribution is -0.129. The number of ether oxygens (including phenoxy) is 1. The second-order valence-corrected chi connectivity index (χ2v) is 5.51. The van der Waals surface area contributed by atoms with Gasteiger partial charge >= 0.3 is 0 Å². The normalized spacial score (nSPS) is 10.1. The van der Waals surface area contributed by atoms with E-state index in [4.69, 9.17) is 4.74 Å². The van der Waals surface area contributed by atoms with E-state index >= 15 is 0 Å². The van der Waals surface area contributed by atoms with Crippen molar-refractivity contribution < 1.29 is 9.53 Å².